The van der Waals surface area contributed by atoms with E-state index in [1.54, 1.807) is 0 Å². The molecule has 106 valence electrons. The lowest BCUT2D eigenvalue weighted by atomic mass is 10.1. The molecule has 2 aliphatic rings. The third kappa shape index (κ3) is 2.56. The predicted molar refractivity (Wildman–Crippen MR) is 76.9 cm³/mol. The number of hydrogen-bond donors (Lipinski definition) is 0. The Morgan fingerprint density at radius 2 is 1.84 bits per heavy atom. The third-order valence-corrected chi connectivity index (χ3v) is 4.36. The molecule has 0 saturated carbocycles. The number of fused-ring (bicyclic) bond motifs is 1. The van der Waals surface area contributed by atoms with E-state index < -0.39 is 0 Å². The molecule has 0 radical (unpaired) electrons. The van der Waals surface area contributed by atoms with Crippen LogP contribution in [0.3, 0.4) is 0 Å². The lowest BCUT2D eigenvalue weighted by molar-refractivity contribution is 0.216. The van der Waals surface area contributed by atoms with E-state index in [1.807, 2.05) is 0 Å². The highest BCUT2D eigenvalue weighted by molar-refractivity contribution is 5.30. The summed E-state index contributed by atoms with van der Waals surface area (Å²) in [4.78, 5) is 4.97. The van der Waals surface area contributed by atoms with E-state index in [0.717, 1.165) is 19.6 Å². The molecule has 19 heavy (non-hydrogen) atoms. The van der Waals surface area contributed by atoms with Crippen molar-refractivity contribution >= 4 is 0 Å². The molecule has 3 heterocycles. The van der Waals surface area contributed by atoms with Crippen LogP contribution in [0.4, 0.5) is 0 Å². The number of nitrogens with zero attached hydrogens (tertiary/aromatic N) is 4. The second-order valence-electron chi connectivity index (χ2n) is 6.42. The van der Waals surface area contributed by atoms with E-state index in [-0.39, 0.29) is 0 Å². The van der Waals surface area contributed by atoms with E-state index in [9.17, 15) is 0 Å². The van der Waals surface area contributed by atoms with Crippen molar-refractivity contribution in [3.63, 3.8) is 0 Å². The second-order valence-corrected chi connectivity index (χ2v) is 6.42. The van der Waals surface area contributed by atoms with Gasteiger partial charge in [0.2, 0.25) is 0 Å². The van der Waals surface area contributed by atoms with Gasteiger partial charge in [-0.3, -0.25) is 14.5 Å². The minimum absolute atomic E-state index is 0.468. The van der Waals surface area contributed by atoms with Crippen molar-refractivity contribution < 1.29 is 0 Å². The van der Waals surface area contributed by atoms with Crippen LogP contribution in [0.1, 0.15) is 56.1 Å². The molecule has 3 rings (SSSR count). The summed E-state index contributed by atoms with van der Waals surface area (Å²) in [5.74, 6) is 0. The molecule has 0 atom stereocenters. The quantitative estimate of drug-likeness (QED) is 0.836. The van der Waals surface area contributed by atoms with Crippen molar-refractivity contribution in [3.8, 4) is 0 Å². The topological polar surface area (TPSA) is 24.3 Å². The van der Waals surface area contributed by atoms with Crippen molar-refractivity contribution in [1.29, 1.82) is 0 Å². The molecule has 0 unspecified atom stereocenters. The van der Waals surface area contributed by atoms with Gasteiger partial charge < -0.3 is 0 Å². The zero-order valence-electron chi connectivity index (χ0n) is 12.5. The fourth-order valence-corrected chi connectivity index (χ4v) is 3.37. The van der Waals surface area contributed by atoms with Crippen molar-refractivity contribution in [1.82, 2.24) is 19.6 Å². The molecule has 0 bridgehead atoms. The molecule has 1 aromatic heterocycles. The maximum absolute atomic E-state index is 4.91. The molecule has 0 aromatic carbocycles. The molecule has 0 N–H and O–H groups in total. The van der Waals surface area contributed by atoms with Gasteiger partial charge in [0.1, 0.15) is 0 Å². The molecule has 1 saturated heterocycles. The van der Waals surface area contributed by atoms with Crippen molar-refractivity contribution in [2.75, 3.05) is 20.1 Å². The number of aromatic nitrogens is 2. The normalized spacial score (nSPS) is 21.3. The number of likely N-dealkylation sites (tertiary alicyclic amines) is 1. The molecule has 0 spiro atoms. The molecule has 2 aliphatic heterocycles. The monoisotopic (exact) mass is 262 g/mol. The van der Waals surface area contributed by atoms with Crippen molar-refractivity contribution in [3.05, 3.63) is 17.0 Å². The molecular formula is C15H26N4. The third-order valence-electron chi connectivity index (χ3n) is 4.36. The van der Waals surface area contributed by atoms with Gasteiger partial charge in [0.15, 0.2) is 0 Å². The van der Waals surface area contributed by atoms with Crippen LogP contribution in [-0.4, -0.2) is 39.7 Å². The first kappa shape index (κ1) is 13.1. The first-order valence-corrected chi connectivity index (χ1v) is 7.65. The minimum Gasteiger partial charge on any atom is -0.297 e. The van der Waals surface area contributed by atoms with E-state index in [1.165, 1.54) is 49.3 Å². The Morgan fingerprint density at radius 1 is 1.11 bits per heavy atom. The van der Waals surface area contributed by atoms with Crippen LogP contribution in [0.5, 0.6) is 0 Å². The molecule has 1 aromatic rings. The highest BCUT2D eigenvalue weighted by Crippen LogP contribution is 2.28. The molecular weight excluding hydrogens is 236 g/mol. The Bertz CT molecular complexity index is 443. The second kappa shape index (κ2) is 5.25. The molecule has 0 amide bonds. The van der Waals surface area contributed by atoms with Gasteiger partial charge in [-0.05, 0) is 46.8 Å². The Morgan fingerprint density at radius 3 is 2.53 bits per heavy atom. The highest BCUT2D eigenvalue weighted by Gasteiger charge is 2.27. The minimum atomic E-state index is 0.468. The Kier molecular flexibility index (Phi) is 3.63. The van der Waals surface area contributed by atoms with E-state index in [4.69, 9.17) is 5.10 Å². The first-order valence-electron chi connectivity index (χ1n) is 7.65. The summed E-state index contributed by atoms with van der Waals surface area (Å²) in [7, 11) is 2.20. The van der Waals surface area contributed by atoms with Gasteiger partial charge in [-0.25, -0.2) is 0 Å². The van der Waals surface area contributed by atoms with Gasteiger partial charge in [-0.1, -0.05) is 6.42 Å². The fraction of sp³-hybridized carbons (Fsp3) is 0.800. The number of rotatable bonds is 3. The summed E-state index contributed by atoms with van der Waals surface area (Å²) >= 11 is 0. The molecule has 0 aliphatic carbocycles. The average molecular weight is 262 g/mol. The summed E-state index contributed by atoms with van der Waals surface area (Å²) in [6.07, 6.45) is 4.11. The summed E-state index contributed by atoms with van der Waals surface area (Å²) in [6.45, 7) is 10.1. The van der Waals surface area contributed by atoms with Gasteiger partial charge in [0.05, 0.1) is 11.4 Å². The lowest BCUT2D eigenvalue weighted by Gasteiger charge is -2.25. The van der Waals surface area contributed by atoms with Crippen LogP contribution >= 0.6 is 0 Å². The maximum Gasteiger partial charge on any atom is 0.0813 e. The lowest BCUT2D eigenvalue weighted by Crippen LogP contribution is -2.29. The van der Waals surface area contributed by atoms with Crippen LogP contribution in [0.2, 0.25) is 0 Å². The van der Waals surface area contributed by atoms with Gasteiger partial charge in [0.25, 0.3) is 0 Å². The smallest absolute Gasteiger partial charge is 0.0813 e. The number of piperidine rings is 1. The Labute approximate surface area is 116 Å². The zero-order chi connectivity index (χ0) is 13.4. The zero-order valence-corrected chi connectivity index (χ0v) is 12.5. The van der Waals surface area contributed by atoms with Crippen LogP contribution in [0.25, 0.3) is 0 Å². The predicted octanol–water partition coefficient (Wildman–Crippen LogP) is 2.40. The van der Waals surface area contributed by atoms with E-state index >= 15 is 0 Å². The summed E-state index contributed by atoms with van der Waals surface area (Å²) in [5, 5.41) is 4.91. The highest BCUT2D eigenvalue weighted by atomic mass is 15.3. The molecule has 4 nitrogen and oxygen atoms in total. The van der Waals surface area contributed by atoms with Gasteiger partial charge >= 0.3 is 0 Å². The van der Waals surface area contributed by atoms with Crippen LogP contribution < -0.4 is 0 Å². The first-order chi connectivity index (χ1) is 9.15. The van der Waals surface area contributed by atoms with Gasteiger partial charge in [-0.2, -0.15) is 5.10 Å². The summed E-state index contributed by atoms with van der Waals surface area (Å²) in [5.41, 5.74) is 4.28. The van der Waals surface area contributed by atoms with E-state index in [2.05, 4.69) is 35.4 Å². The number of hydrogen-bond acceptors (Lipinski definition) is 3. The van der Waals surface area contributed by atoms with Crippen LogP contribution in [0, 0.1) is 0 Å². The average Bonchev–Trinajstić information content (AvgIpc) is 2.90. The fourth-order valence-electron chi connectivity index (χ4n) is 3.37. The largest absolute Gasteiger partial charge is 0.297 e. The van der Waals surface area contributed by atoms with Crippen molar-refractivity contribution in [2.24, 2.45) is 0 Å². The molecule has 1 fully saturated rings. The van der Waals surface area contributed by atoms with Crippen LogP contribution in [0.15, 0.2) is 0 Å². The van der Waals surface area contributed by atoms with Gasteiger partial charge in [-0.15, -0.1) is 0 Å². The Hall–Kier alpha value is -0.870. The standard InChI is InChI=1S/C15H26N4/c1-12(2)19-15-11-17(3)9-13(15)14(16-19)10-18-7-5-4-6-8-18/h12H,4-11H2,1-3H3. The van der Waals surface area contributed by atoms with Gasteiger partial charge in [0, 0.05) is 31.2 Å². The SMILES string of the molecule is CC(C)n1nc(CN2CCCCC2)c2c1CN(C)C2. The Balaban J connectivity index is 1.83. The van der Waals surface area contributed by atoms with Crippen molar-refractivity contribution in [2.45, 2.75) is 58.8 Å². The maximum atomic E-state index is 4.91. The molecule has 4 heteroatoms. The summed E-state index contributed by atoms with van der Waals surface area (Å²) in [6, 6.07) is 0.468. The van der Waals surface area contributed by atoms with Crippen LogP contribution in [-0.2, 0) is 19.6 Å². The van der Waals surface area contributed by atoms with E-state index in [0.29, 0.717) is 6.04 Å². The summed E-state index contributed by atoms with van der Waals surface area (Å²) < 4.78 is 2.25.